The number of aromatic amines is 1. The maximum atomic E-state index is 14.3. The van der Waals surface area contributed by atoms with Crippen molar-refractivity contribution in [3.05, 3.63) is 36.4 Å². The summed E-state index contributed by atoms with van der Waals surface area (Å²) in [4.78, 5) is 64.0. The number of nitrogens with one attached hydrogen (secondary N) is 4. The van der Waals surface area contributed by atoms with Crippen molar-refractivity contribution in [2.75, 3.05) is 6.54 Å². The van der Waals surface area contributed by atoms with Crippen molar-refractivity contribution in [1.82, 2.24) is 30.2 Å². The number of hydrogen-bond acceptors (Lipinski definition) is 9. The van der Waals surface area contributed by atoms with E-state index in [2.05, 4.69) is 25.3 Å². The molecular weight excluding hydrogens is 652 g/mol. The first kappa shape index (κ1) is 34.7. The Morgan fingerprint density at radius 1 is 1.10 bits per heavy atom. The first-order valence-electron chi connectivity index (χ1n) is 17.1. The topological polar surface area (TPSA) is 189 Å². The van der Waals surface area contributed by atoms with Gasteiger partial charge in [0.15, 0.2) is 0 Å². The Balaban J connectivity index is 1.29. The second-order valence-electron chi connectivity index (χ2n) is 15.0. The molecule has 0 unspecified atom stereocenters. The van der Waals surface area contributed by atoms with E-state index in [0.717, 1.165) is 18.4 Å². The zero-order chi connectivity index (χ0) is 35.2. The summed E-state index contributed by atoms with van der Waals surface area (Å²) in [5.74, 6) is -2.30. The van der Waals surface area contributed by atoms with Crippen LogP contribution >= 0.6 is 0 Å². The van der Waals surface area contributed by atoms with E-state index in [9.17, 15) is 27.6 Å². The lowest BCUT2D eigenvalue weighted by Gasteiger charge is -2.30. The number of fused-ring (bicyclic) bond motifs is 3. The zero-order valence-electron chi connectivity index (χ0n) is 28.4. The third kappa shape index (κ3) is 7.55. The molecule has 2 aliphatic heterocycles. The van der Waals surface area contributed by atoms with Gasteiger partial charge in [0.2, 0.25) is 21.8 Å². The van der Waals surface area contributed by atoms with E-state index >= 15 is 0 Å². The van der Waals surface area contributed by atoms with Crippen molar-refractivity contribution in [2.45, 2.75) is 120 Å². The number of rotatable bonds is 6. The second kappa shape index (κ2) is 13.0. The molecule has 3 fully saturated rings. The lowest BCUT2D eigenvalue weighted by Crippen LogP contribution is -2.58. The maximum Gasteiger partial charge on any atom is 0.408 e. The van der Waals surface area contributed by atoms with Crippen LogP contribution in [0.2, 0.25) is 0 Å². The first-order valence-corrected chi connectivity index (χ1v) is 18.5. The number of carbonyl (C=O) groups excluding carboxylic acids is 4. The summed E-state index contributed by atoms with van der Waals surface area (Å²) in [7, 11) is -3.96. The number of para-hydroxylation sites is 2. The molecule has 2 aliphatic carbocycles. The number of sulfonamides is 1. The largest absolute Gasteiger partial charge is 0.459 e. The van der Waals surface area contributed by atoms with Crippen molar-refractivity contribution in [3.63, 3.8) is 0 Å². The summed E-state index contributed by atoms with van der Waals surface area (Å²) in [6.45, 7) is 6.78. The molecule has 1 aromatic heterocycles. The van der Waals surface area contributed by atoms with Gasteiger partial charge in [-0.15, -0.1) is 0 Å². The number of hydrogen-bond donors (Lipinski definition) is 4. The number of ether oxygens (including phenoxy) is 2. The normalized spacial score (nSPS) is 29.3. The Bertz CT molecular complexity index is 1730. The van der Waals surface area contributed by atoms with Crippen LogP contribution in [0.4, 0.5) is 4.79 Å². The van der Waals surface area contributed by atoms with E-state index < -0.39 is 73.8 Å². The van der Waals surface area contributed by atoms with Gasteiger partial charge in [-0.1, -0.05) is 37.1 Å². The molecule has 4 amide bonds. The van der Waals surface area contributed by atoms with Crippen LogP contribution in [0, 0.1) is 5.92 Å². The molecule has 4 N–H and O–H groups in total. The molecule has 1 aromatic carbocycles. The number of nitrogens with zero attached hydrogens (tertiary/aromatic N) is 2. The first-order chi connectivity index (χ1) is 23.1. The molecule has 4 aliphatic rings. The van der Waals surface area contributed by atoms with Crippen LogP contribution in [-0.2, 0) is 29.1 Å². The van der Waals surface area contributed by atoms with Crippen molar-refractivity contribution in [1.29, 1.82) is 0 Å². The fourth-order valence-electron chi connectivity index (χ4n) is 6.54. The SMILES string of the molecule is CC(C)(C)OC(=O)N[C@H]1CCCCC/C=C\[C@H]2C[C@@]2(C(=O)NS(=O)(=O)C2(C)CC2)NC(=O)[C@@H]2C[C@@H](Oc3nc4ccccc4[nH]3)CN2C1=O. The average Bonchev–Trinajstić information content (AvgIpc) is 3.82. The Labute approximate surface area is 286 Å². The summed E-state index contributed by atoms with van der Waals surface area (Å²) in [6.07, 6.45) is 6.83. The molecule has 5 atom stereocenters. The Kier molecular flexibility index (Phi) is 9.18. The van der Waals surface area contributed by atoms with Crippen LogP contribution in [0.15, 0.2) is 36.4 Å². The smallest absolute Gasteiger partial charge is 0.408 e. The van der Waals surface area contributed by atoms with Crippen LogP contribution in [0.25, 0.3) is 11.0 Å². The molecule has 0 radical (unpaired) electrons. The number of allylic oxidation sites excluding steroid dienone is 1. The third-order valence-corrected chi connectivity index (χ3v) is 12.0. The molecule has 3 heterocycles. The molecule has 6 rings (SSSR count). The van der Waals surface area contributed by atoms with Crippen molar-refractivity contribution >= 4 is 44.9 Å². The molecule has 0 bridgehead atoms. The third-order valence-electron chi connectivity index (χ3n) is 9.81. The maximum absolute atomic E-state index is 14.3. The van der Waals surface area contributed by atoms with E-state index in [-0.39, 0.29) is 25.4 Å². The lowest BCUT2D eigenvalue weighted by atomic mass is 10.0. The van der Waals surface area contributed by atoms with E-state index in [1.54, 1.807) is 27.7 Å². The summed E-state index contributed by atoms with van der Waals surface area (Å²) in [5, 5.41) is 5.59. The molecule has 266 valence electrons. The van der Waals surface area contributed by atoms with Crippen LogP contribution < -0.4 is 20.1 Å². The van der Waals surface area contributed by atoms with Gasteiger partial charge in [0.25, 0.3) is 11.9 Å². The predicted molar refractivity (Wildman–Crippen MR) is 180 cm³/mol. The number of amides is 4. The molecule has 0 spiro atoms. The van der Waals surface area contributed by atoms with Crippen LogP contribution in [0.1, 0.15) is 85.5 Å². The van der Waals surface area contributed by atoms with Gasteiger partial charge >= 0.3 is 6.09 Å². The van der Waals surface area contributed by atoms with E-state index in [1.165, 1.54) is 4.90 Å². The Hall–Kier alpha value is -4.14. The molecule has 15 heteroatoms. The highest BCUT2D eigenvalue weighted by Crippen LogP contribution is 2.47. The minimum Gasteiger partial charge on any atom is -0.459 e. The predicted octanol–water partition coefficient (Wildman–Crippen LogP) is 3.20. The number of benzene rings is 1. The number of H-pyrrole nitrogens is 1. The number of alkyl carbamates (subject to hydrolysis) is 1. The molecule has 2 aromatic rings. The van der Waals surface area contributed by atoms with Gasteiger partial charge in [-0.05, 0) is 78.4 Å². The van der Waals surface area contributed by atoms with Gasteiger partial charge < -0.3 is 30.0 Å². The fourth-order valence-corrected chi connectivity index (χ4v) is 7.85. The second-order valence-corrected chi connectivity index (χ2v) is 17.2. The van der Waals surface area contributed by atoms with Gasteiger partial charge in [-0.25, -0.2) is 13.2 Å². The van der Waals surface area contributed by atoms with Crippen LogP contribution in [-0.4, -0.2) is 87.7 Å². The van der Waals surface area contributed by atoms with Crippen molar-refractivity contribution in [2.24, 2.45) is 5.92 Å². The van der Waals surface area contributed by atoms with Gasteiger partial charge in [0.05, 0.1) is 22.3 Å². The summed E-state index contributed by atoms with van der Waals surface area (Å²) in [5.41, 5.74) is -0.832. The van der Waals surface area contributed by atoms with Gasteiger partial charge in [0.1, 0.15) is 29.3 Å². The highest BCUT2D eigenvalue weighted by molar-refractivity contribution is 7.91. The number of aromatic nitrogens is 2. The van der Waals surface area contributed by atoms with Crippen molar-refractivity contribution in [3.8, 4) is 6.01 Å². The van der Waals surface area contributed by atoms with Crippen molar-refractivity contribution < 1.29 is 37.1 Å². The Morgan fingerprint density at radius 2 is 1.86 bits per heavy atom. The summed E-state index contributed by atoms with van der Waals surface area (Å²) >= 11 is 0. The number of carbonyl (C=O) groups is 4. The van der Waals surface area contributed by atoms with Gasteiger partial charge in [-0.2, -0.15) is 4.98 Å². The average molecular weight is 699 g/mol. The molecule has 2 saturated carbocycles. The molecule has 49 heavy (non-hydrogen) atoms. The lowest BCUT2D eigenvalue weighted by molar-refractivity contribution is -0.141. The fraction of sp³-hybridized carbons (Fsp3) is 0.618. The van der Waals surface area contributed by atoms with Crippen LogP contribution in [0.5, 0.6) is 6.01 Å². The van der Waals surface area contributed by atoms with E-state index in [0.29, 0.717) is 37.6 Å². The monoisotopic (exact) mass is 698 g/mol. The van der Waals surface area contributed by atoms with Gasteiger partial charge in [-0.3, -0.25) is 19.1 Å². The Morgan fingerprint density at radius 3 is 2.57 bits per heavy atom. The molecule has 1 saturated heterocycles. The molecular formula is C34H46N6O8S. The summed E-state index contributed by atoms with van der Waals surface area (Å²) < 4.78 is 39.0. The minimum atomic E-state index is -3.96. The van der Waals surface area contributed by atoms with E-state index in [1.807, 2.05) is 36.4 Å². The highest BCUT2D eigenvalue weighted by atomic mass is 32.2. The molecule has 14 nitrogen and oxygen atoms in total. The zero-order valence-corrected chi connectivity index (χ0v) is 29.2. The summed E-state index contributed by atoms with van der Waals surface area (Å²) in [6, 6.07) is 5.56. The minimum absolute atomic E-state index is 0.00965. The van der Waals surface area contributed by atoms with Crippen LogP contribution in [0.3, 0.4) is 0 Å². The quantitative estimate of drug-likeness (QED) is 0.329. The number of imidazole rings is 1. The van der Waals surface area contributed by atoms with Gasteiger partial charge in [0, 0.05) is 12.3 Å². The van der Waals surface area contributed by atoms with E-state index in [4.69, 9.17) is 9.47 Å². The standard InChI is InChI=1S/C34H46N6O8S/c1-32(2,3)48-31(44)37-25-15-9-7-5-6-8-12-21-19-34(21,29(43)39-49(45,46)33(4)16-17-33)38-27(41)26-18-22(20-40(26)28(25)42)47-30-35-23-13-10-11-14-24(23)36-30/h8,10-14,21-22,25-26H,5-7,9,15-20H2,1-4H3,(H,35,36)(H,37,44)(H,38,41)(H,39,43)/b12-8-/t21-,22+,25-,26-,34+/m0/s1. The highest BCUT2D eigenvalue weighted by Gasteiger charge is 2.63.